The van der Waals surface area contributed by atoms with Gasteiger partial charge in [-0.15, -0.1) is 0 Å². The van der Waals surface area contributed by atoms with Crippen molar-refractivity contribution in [3.63, 3.8) is 0 Å². The summed E-state index contributed by atoms with van der Waals surface area (Å²) in [4.78, 5) is 0. The normalized spacial score (nSPS) is 12.4. The van der Waals surface area contributed by atoms with Gasteiger partial charge < -0.3 is 5.32 Å². The first-order chi connectivity index (χ1) is 9.60. The van der Waals surface area contributed by atoms with Crippen LogP contribution in [-0.2, 0) is 6.54 Å². The van der Waals surface area contributed by atoms with E-state index >= 15 is 0 Å². The summed E-state index contributed by atoms with van der Waals surface area (Å²) in [6, 6.07) is 15.7. The lowest BCUT2D eigenvalue weighted by atomic mass is 10.0. The fourth-order valence-corrected chi connectivity index (χ4v) is 2.96. The Morgan fingerprint density at radius 3 is 2.25 bits per heavy atom. The number of aryl methyl sites for hydroxylation is 2. The van der Waals surface area contributed by atoms with Crippen LogP contribution in [0.3, 0.4) is 0 Å². The van der Waals surface area contributed by atoms with Crippen molar-refractivity contribution in [2.45, 2.75) is 39.8 Å². The van der Waals surface area contributed by atoms with E-state index in [-0.39, 0.29) is 0 Å². The predicted octanol–water partition coefficient (Wildman–Crippen LogP) is 5.31. The molecule has 0 fully saturated rings. The van der Waals surface area contributed by atoms with Crippen LogP contribution in [0.2, 0.25) is 0 Å². The van der Waals surface area contributed by atoms with Gasteiger partial charge in [-0.05, 0) is 43.0 Å². The summed E-state index contributed by atoms with van der Waals surface area (Å²) in [5.41, 5.74) is 5.26. The summed E-state index contributed by atoms with van der Waals surface area (Å²) in [5.74, 6) is 0. The maximum absolute atomic E-state index is 3.65. The van der Waals surface area contributed by atoms with Gasteiger partial charge in [-0.2, -0.15) is 0 Å². The first kappa shape index (κ1) is 15.3. The van der Waals surface area contributed by atoms with E-state index in [1.165, 1.54) is 26.7 Å². The molecule has 2 aromatic carbocycles. The highest BCUT2D eigenvalue weighted by Gasteiger charge is 2.09. The molecule has 0 amide bonds. The molecule has 2 rings (SSSR count). The van der Waals surface area contributed by atoms with E-state index in [2.05, 4.69) is 84.5 Å². The first-order valence-electron chi connectivity index (χ1n) is 7.15. The molecule has 20 heavy (non-hydrogen) atoms. The summed E-state index contributed by atoms with van der Waals surface area (Å²) in [6.45, 7) is 7.35. The Hall–Kier alpha value is -1.12. The molecule has 1 N–H and O–H groups in total. The molecule has 0 saturated carbocycles. The van der Waals surface area contributed by atoms with Crippen LogP contribution in [0.5, 0.6) is 0 Å². The van der Waals surface area contributed by atoms with Crippen molar-refractivity contribution < 1.29 is 0 Å². The third kappa shape index (κ3) is 3.94. The van der Waals surface area contributed by atoms with Crippen LogP contribution < -0.4 is 5.32 Å². The molecule has 0 radical (unpaired) electrons. The highest BCUT2D eigenvalue weighted by molar-refractivity contribution is 9.10. The van der Waals surface area contributed by atoms with Gasteiger partial charge in [-0.3, -0.25) is 0 Å². The first-order valence-corrected chi connectivity index (χ1v) is 7.94. The summed E-state index contributed by atoms with van der Waals surface area (Å²) in [7, 11) is 0. The van der Waals surface area contributed by atoms with Gasteiger partial charge in [0.25, 0.3) is 0 Å². The molecule has 0 aliphatic carbocycles. The fraction of sp³-hybridized carbons (Fsp3) is 0.333. The summed E-state index contributed by atoms with van der Waals surface area (Å²) in [6.07, 6.45) is 1.09. The lowest BCUT2D eigenvalue weighted by Crippen LogP contribution is -2.20. The summed E-state index contributed by atoms with van der Waals surface area (Å²) < 4.78 is 1.18. The largest absolute Gasteiger partial charge is 0.306 e. The Kier molecular flexibility index (Phi) is 5.38. The van der Waals surface area contributed by atoms with Crippen molar-refractivity contribution in [2.75, 3.05) is 0 Å². The molecule has 0 saturated heterocycles. The molecule has 0 aliphatic rings. The highest BCUT2D eigenvalue weighted by Crippen LogP contribution is 2.21. The molecule has 0 aromatic heterocycles. The van der Waals surface area contributed by atoms with Gasteiger partial charge in [0.2, 0.25) is 0 Å². The summed E-state index contributed by atoms with van der Waals surface area (Å²) in [5, 5.41) is 3.65. The SMILES string of the molecule is CCC(NCc1ccc(C)cc1Br)c1ccc(C)cc1. The monoisotopic (exact) mass is 331 g/mol. The smallest absolute Gasteiger partial charge is 0.0320 e. The Morgan fingerprint density at radius 2 is 1.65 bits per heavy atom. The number of benzene rings is 2. The predicted molar refractivity (Wildman–Crippen MR) is 89.9 cm³/mol. The fourth-order valence-electron chi connectivity index (χ4n) is 2.33. The van der Waals surface area contributed by atoms with Gasteiger partial charge in [0, 0.05) is 17.1 Å². The molecule has 0 aliphatic heterocycles. The molecule has 0 spiro atoms. The van der Waals surface area contributed by atoms with E-state index in [1.807, 2.05) is 0 Å². The highest BCUT2D eigenvalue weighted by atomic mass is 79.9. The second-order valence-corrected chi connectivity index (χ2v) is 6.20. The average Bonchev–Trinajstić information content (AvgIpc) is 2.43. The zero-order valence-electron chi connectivity index (χ0n) is 12.4. The third-order valence-corrected chi connectivity index (χ3v) is 4.37. The van der Waals surface area contributed by atoms with Crippen molar-refractivity contribution in [1.82, 2.24) is 5.32 Å². The number of rotatable bonds is 5. The van der Waals surface area contributed by atoms with E-state index < -0.39 is 0 Å². The zero-order chi connectivity index (χ0) is 14.5. The Labute approximate surface area is 130 Å². The maximum Gasteiger partial charge on any atom is 0.0320 e. The van der Waals surface area contributed by atoms with E-state index in [0.717, 1.165) is 13.0 Å². The van der Waals surface area contributed by atoms with Gasteiger partial charge in [0.05, 0.1) is 0 Å². The van der Waals surface area contributed by atoms with E-state index in [4.69, 9.17) is 0 Å². The minimum Gasteiger partial charge on any atom is -0.306 e. The number of nitrogens with one attached hydrogen (secondary N) is 1. The van der Waals surface area contributed by atoms with Gasteiger partial charge in [-0.25, -0.2) is 0 Å². The third-order valence-electron chi connectivity index (χ3n) is 3.64. The molecular formula is C18H22BrN. The quantitative estimate of drug-likeness (QED) is 0.783. The van der Waals surface area contributed by atoms with Gasteiger partial charge in [-0.1, -0.05) is 64.8 Å². The lowest BCUT2D eigenvalue weighted by molar-refractivity contribution is 0.518. The molecule has 1 unspecified atom stereocenters. The second kappa shape index (κ2) is 7.05. The van der Waals surface area contributed by atoms with Gasteiger partial charge >= 0.3 is 0 Å². The summed E-state index contributed by atoms with van der Waals surface area (Å²) >= 11 is 3.64. The molecule has 1 atom stereocenters. The van der Waals surface area contributed by atoms with Crippen LogP contribution >= 0.6 is 15.9 Å². The van der Waals surface area contributed by atoms with Crippen LogP contribution in [-0.4, -0.2) is 0 Å². The topological polar surface area (TPSA) is 12.0 Å². The van der Waals surface area contributed by atoms with E-state index in [9.17, 15) is 0 Å². The maximum atomic E-state index is 3.65. The van der Waals surface area contributed by atoms with E-state index in [0.29, 0.717) is 6.04 Å². The van der Waals surface area contributed by atoms with Crippen LogP contribution in [0.1, 0.15) is 41.6 Å². The van der Waals surface area contributed by atoms with Crippen molar-refractivity contribution >= 4 is 15.9 Å². The standard InChI is InChI=1S/C18H22BrN/c1-4-18(15-8-5-13(2)6-9-15)20-12-16-10-7-14(3)11-17(16)19/h5-11,18,20H,4,12H2,1-3H3. The Morgan fingerprint density at radius 1 is 1.00 bits per heavy atom. The molecule has 0 heterocycles. The zero-order valence-corrected chi connectivity index (χ0v) is 14.0. The van der Waals surface area contributed by atoms with Crippen LogP contribution in [0, 0.1) is 13.8 Å². The molecule has 106 valence electrons. The average molecular weight is 332 g/mol. The molecule has 1 nitrogen and oxygen atoms in total. The minimum atomic E-state index is 0.406. The number of halogens is 1. The van der Waals surface area contributed by atoms with Crippen molar-refractivity contribution in [3.8, 4) is 0 Å². The Bertz CT molecular complexity index is 560. The van der Waals surface area contributed by atoms with Crippen molar-refractivity contribution in [3.05, 3.63) is 69.2 Å². The Balaban J connectivity index is 2.05. The lowest BCUT2D eigenvalue weighted by Gasteiger charge is -2.18. The van der Waals surface area contributed by atoms with Crippen molar-refractivity contribution in [1.29, 1.82) is 0 Å². The van der Waals surface area contributed by atoms with Crippen molar-refractivity contribution in [2.24, 2.45) is 0 Å². The van der Waals surface area contributed by atoms with Gasteiger partial charge in [0.1, 0.15) is 0 Å². The minimum absolute atomic E-state index is 0.406. The van der Waals surface area contributed by atoms with Crippen LogP contribution in [0.4, 0.5) is 0 Å². The molecular weight excluding hydrogens is 310 g/mol. The van der Waals surface area contributed by atoms with Crippen LogP contribution in [0.25, 0.3) is 0 Å². The van der Waals surface area contributed by atoms with E-state index in [1.54, 1.807) is 0 Å². The molecule has 2 heteroatoms. The van der Waals surface area contributed by atoms with Gasteiger partial charge in [0.15, 0.2) is 0 Å². The molecule has 2 aromatic rings. The number of hydrogen-bond donors (Lipinski definition) is 1. The number of hydrogen-bond acceptors (Lipinski definition) is 1. The molecule has 0 bridgehead atoms. The second-order valence-electron chi connectivity index (χ2n) is 5.35. The van der Waals surface area contributed by atoms with Crippen LogP contribution in [0.15, 0.2) is 46.9 Å².